The molecule has 1 aliphatic heterocycles. The molecule has 0 spiro atoms. The maximum atomic E-state index is 13.4. The van der Waals surface area contributed by atoms with Crippen LogP contribution in [0.3, 0.4) is 0 Å². The van der Waals surface area contributed by atoms with Crippen molar-refractivity contribution in [3.63, 3.8) is 0 Å². The number of anilines is 1. The summed E-state index contributed by atoms with van der Waals surface area (Å²) in [5, 5.41) is 0.700. The molecule has 0 unspecified atom stereocenters. The molecule has 2 heterocycles. The number of halogens is 1. The number of rotatable bonds is 6. The number of carbonyl (C=O) groups is 1. The third-order valence-electron chi connectivity index (χ3n) is 4.88. The molecule has 1 amide bonds. The zero-order valence-corrected chi connectivity index (χ0v) is 18.5. The van der Waals surface area contributed by atoms with Gasteiger partial charge in [-0.05, 0) is 36.4 Å². The number of benzene rings is 2. The van der Waals surface area contributed by atoms with Crippen molar-refractivity contribution in [3.05, 3.63) is 52.5 Å². The number of methoxy groups -OCH3 is 1. The Balaban J connectivity index is 1.64. The third-order valence-corrected chi connectivity index (χ3v) is 6.41. The van der Waals surface area contributed by atoms with Crippen LogP contribution in [-0.2, 0) is 4.74 Å². The zero-order chi connectivity index (χ0) is 20.2. The summed E-state index contributed by atoms with van der Waals surface area (Å²) in [6.07, 6.45) is 0. The second-order valence-electron chi connectivity index (χ2n) is 6.75. The molecule has 0 atom stereocenters. The van der Waals surface area contributed by atoms with Gasteiger partial charge in [0.25, 0.3) is 5.91 Å². The highest BCUT2D eigenvalue weighted by Crippen LogP contribution is 2.32. The number of carbonyl (C=O) groups excluding carboxylic acids is 1. The monoisotopic (exact) mass is 475 g/mol. The van der Waals surface area contributed by atoms with E-state index in [1.165, 1.54) is 11.3 Å². The van der Waals surface area contributed by atoms with Crippen LogP contribution in [-0.4, -0.2) is 62.3 Å². The van der Waals surface area contributed by atoms with Crippen LogP contribution in [0, 0.1) is 0 Å². The van der Waals surface area contributed by atoms with Crippen LogP contribution in [0.15, 0.2) is 46.9 Å². The van der Waals surface area contributed by atoms with Gasteiger partial charge in [-0.2, -0.15) is 0 Å². The number of ether oxygens (including phenoxy) is 2. The van der Waals surface area contributed by atoms with Crippen molar-refractivity contribution in [1.82, 2.24) is 9.88 Å². The lowest BCUT2D eigenvalue weighted by Crippen LogP contribution is -2.43. The summed E-state index contributed by atoms with van der Waals surface area (Å²) in [5.41, 5.74) is 1.50. The maximum absolute atomic E-state index is 13.4. The fourth-order valence-corrected chi connectivity index (χ4v) is 4.68. The molecule has 8 heteroatoms. The average Bonchev–Trinajstić information content (AvgIpc) is 3.17. The molecular formula is C21H22BrN3O3S. The van der Waals surface area contributed by atoms with Crippen molar-refractivity contribution in [3.8, 4) is 5.75 Å². The number of aromatic nitrogens is 1. The number of thiazole rings is 1. The molecule has 29 heavy (non-hydrogen) atoms. The minimum absolute atomic E-state index is 0.0504. The molecule has 6 nitrogen and oxygen atoms in total. The van der Waals surface area contributed by atoms with E-state index in [0.717, 1.165) is 53.3 Å². The first-order valence-corrected chi connectivity index (χ1v) is 11.1. The van der Waals surface area contributed by atoms with Gasteiger partial charge in [0.05, 0.1) is 30.5 Å². The summed E-state index contributed by atoms with van der Waals surface area (Å²) in [6.45, 7) is 4.59. The van der Waals surface area contributed by atoms with Gasteiger partial charge in [0, 0.05) is 36.2 Å². The van der Waals surface area contributed by atoms with Gasteiger partial charge in [-0.1, -0.05) is 33.3 Å². The van der Waals surface area contributed by atoms with Crippen LogP contribution in [0.4, 0.5) is 5.13 Å². The molecule has 0 aliphatic carbocycles. The van der Waals surface area contributed by atoms with Crippen LogP contribution in [0.5, 0.6) is 5.75 Å². The second kappa shape index (κ2) is 9.21. The van der Waals surface area contributed by atoms with Crippen molar-refractivity contribution >= 4 is 48.5 Å². The van der Waals surface area contributed by atoms with E-state index in [1.54, 1.807) is 12.0 Å². The first-order valence-electron chi connectivity index (χ1n) is 9.46. The standard InChI is InChI=1S/C21H22BrN3O3S/c1-27-17-5-6-18-19(14-17)29-21(23-18)25(8-7-24-9-11-28-12-10-24)20(26)15-3-2-4-16(22)13-15/h2-6,13-14H,7-12H2,1H3. The Morgan fingerprint density at radius 2 is 2.10 bits per heavy atom. The van der Waals surface area contributed by atoms with Crippen LogP contribution >= 0.6 is 27.3 Å². The number of hydrogen-bond acceptors (Lipinski definition) is 6. The molecule has 0 N–H and O–H groups in total. The first-order chi connectivity index (χ1) is 14.1. The highest BCUT2D eigenvalue weighted by Gasteiger charge is 2.23. The van der Waals surface area contributed by atoms with E-state index in [9.17, 15) is 4.79 Å². The summed E-state index contributed by atoms with van der Waals surface area (Å²) in [6, 6.07) is 13.3. The Morgan fingerprint density at radius 1 is 1.28 bits per heavy atom. The molecule has 1 saturated heterocycles. The van der Waals surface area contributed by atoms with E-state index in [0.29, 0.717) is 17.2 Å². The summed E-state index contributed by atoms with van der Waals surface area (Å²) in [5.74, 6) is 0.733. The lowest BCUT2D eigenvalue weighted by atomic mass is 10.2. The highest BCUT2D eigenvalue weighted by atomic mass is 79.9. The predicted octanol–water partition coefficient (Wildman–Crippen LogP) is 4.05. The smallest absolute Gasteiger partial charge is 0.260 e. The largest absolute Gasteiger partial charge is 0.497 e. The fraction of sp³-hybridized carbons (Fsp3) is 0.333. The molecule has 4 rings (SSSR count). The van der Waals surface area contributed by atoms with Gasteiger partial charge in [0.1, 0.15) is 5.75 Å². The Labute approximate surface area is 182 Å². The average molecular weight is 476 g/mol. The molecule has 2 aromatic carbocycles. The molecule has 0 saturated carbocycles. The van der Waals surface area contributed by atoms with Gasteiger partial charge in [-0.3, -0.25) is 14.6 Å². The predicted molar refractivity (Wildman–Crippen MR) is 119 cm³/mol. The van der Waals surface area contributed by atoms with Gasteiger partial charge in [0.15, 0.2) is 5.13 Å². The zero-order valence-electron chi connectivity index (χ0n) is 16.1. The van der Waals surface area contributed by atoms with Crippen LogP contribution in [0.2, 0.25) is 0 Å². The molecule has 3 aromatic rings. The van der Waals surface area contributed by atoms with E-state index in [1.807, 2.05) is 42.5 Å². The SMILES string of the molecule is COc1ccc2nc(N(CCN3CCOCC3)C(=O)c3cccc(Br)c3)sc2c1. The minimum atomic E-state index is -0.0504. The summed E-state index contributed by atoms with van der Waals surface area (Å²) >= 11 is 4.97. The summed E-state index contributed by atoms with van der Waals surface area (Å²) in [4.78, 5) is 22.2. The molecular weight excluding hydrogens is 454 g/mol. The number of fused-ring (bicyclic) bond motifs is 1. The van der Waals surface area contributed by atoms with Crippen molar-refractivity contribution in [2.75, 3.05) is 51.4 Å². The maximum Gasteiger partial charge on any atom is 0.260 e. The summed E-state index contributed by atoms with van der Waals surface area (Å²) in [7, 11) is 1.65. The van der Waals surface area contributed by atoms with E-state index >= 15 is 0 Å². The summed E-state index contributed by atoms with van der Waals surface area (Å²) < 4.78 is 12.6. The van der Waals surface area contributed by atoms with Crippen molar-refractivity contribution < 1.29 is 14.3 Å². The van der Waals surface area contributed by atoms with E-state index in [4.69, 9.17) is 14.5 Å². The van der Waals surface area contributed by atoms with Crippen molar-refractivity contribution in [2.24, 2.45) is 0 Å². The lowest BCUT2D eigenvalue weighted by Gasteiger charge is -2.29. The molecule has 1 aromatic heterocycles. The number of nitrogens with zero attached hydrogens (tertiary/aromatic N) is 3. The Kier molecular flexibility index (Phi) is 6.44. The highest BCUT2D eigenvalue weighted by molar-refractivity contribution is 9.10. The van der Waals surface area contributed by atoms with Gasteiger partial charge in [-0.25, -0.2) is 4.98 Å². The van der Waals surface area contributed by atoms with Gasteiger partial charge in [-0.15, -0.1) is 0 Å². The van der Waals surface area contributed by atoms with Crippen LogP contribution < -0.4 is 9.64 Å². The van der Waals surface area contributed by atoms with E-state index in [-0.39, 0.29) is 5.91 Å². The van der Waals surface area contributed by atoms with Gasteiger partial charge in [0.2, 0.25) is 0 Å². The quantitative estimate of drug-likeness (QED) is 0.538. The lowest BCUT2D eigenvalue weighted by molar-refractivity contribution is 0.0391. The number of hydrogen-bond donors (Lipinski definition) is 0. The van der Waals surface area contributed by atoms with Crippen LogP contribution in [0.25, 0.3) is 10.2 Å². The van der Waals surface area contributed by atoms with E-state index < -0.39 is 0 Å². The minimum Gasteiger partial charge on any atom is -0.497 e. The first kappa shape index (κ1) is 20.3. The number of amides is 1. The number of morpholine rings is 1. The van der Waals surface area contributed by atoms with Gasteiger partial charge >= 0.3 is 0 Å². The van der Waals surface area contributed by atoms with Gasteiger partial charge < -0.3 is 9.47 Å². The van der Waals surface area contributed by atoms with E-state index in [2.05, 4.69) is 20.8 Å². The normalized spacial score (nSPS) is 14.8. The van der Waals surface area contributed by atoms with Crippen molar-refractivity contribution in [2.45, 2.75) is 0 Å². The third kappa shape index (κ3) is 4.78. The Hall–Kier alpha value is -2.00. The van der Waals surface area contributed by atoms with Crippen molar-refractivity contribution in [1.29, 1.82) is 0 Å². The molecule has 0 radical (unpaired) electrons. The topological polar surface area (TPSA) is 54.9 Å². The second-order valence-corrected chi connectivity index (χ2v) is 8.68. The molecule has 152 valence electrons. The molecule has 1 fully saturated rings. The molecule has 0 bridgehead atoms. The fourth-order valence-electron chi connectivity index (χ4n) is 3.26. The Bertz CT molecular complexity index is 1000. The molecule has 1 aliphatic rings. The van der Waals surface area contributed by atoms with Crippen LogP contribution in [0.1, 0.15) is 10.4 Å². The Morgan fingerprint density at radius 3 is 2.86 bits per heavy atom.